The topological polar surface area (TPSA) is 12.4 Å². The molecule has 2 heteroatoms. The molecule has 1 unspecified atom stereocenters. The van der Waals surface area contributed by atoms with Gasteiger partial charge in [-0.3, -0.25) is 4.99 Å². The van der Waals surface area contributed by atoms with E-state index < -0.39 is 0 Å². The molecule has 17 heavy (non-hydrogen) atoms. The number of hydrogen-bond acceptors (Lipinski definition) is 1. The molecule has 0 spiro atoms. The van der Waals surface area contributed by atoms with Crippen LogP contribution in [0, 0.1) is 5.41 Å². The van der Waals surface area contributed by atoms with Crippen LogP contribution in [0.5, 0.6) is 0 Å². The second-order valence-corrected chi connectivity index (χ2v) is 6.04. The van der Waals surface area contributed by atoms with Crippen molar-refractivity contribution in [3.63, 3.8) is 0 Å². The van der Waals surface area contributed by atoms with Crippen LogP contribution in [0.1, 0.15) is 31.7 Å². The van der Waals surface area contributed by atoms with Crippen LogP contribution < -0.4 is 0 Å². The summed E-state index contributed by atoms with van der Waals surface area (Å²) >= 11 is 6.09. The van der Waals surface area contributed by atoms with E-state index in [9.17, 15) is 0 Å². The van der Waals surface area contributed by atoms with Gasteiger partial charge in [-0.1, -0.05) is 37.6 Å². The lowest BCUT2D eigenvalue weighted by Gasteiger charge is -2.22. The molecule has 3 rings (SSSR count). The number of benzene rings is 1. The van der Waals surface area contributed by atoms with Crippen LogP contribution in [0.25, 0.3) is 0 Å². The standard InChI is InChI=1S/C15H16ClN/c1-15(2)7-12(13-8-17-9-14(13)15)10-4-3-5-11(16)6-10/h3-6,8,12H,7,9H2,1-2H3. The second kappa shape index (κ2) is 3.71. The average Bonchev–Trinajstić information content (AvgIpc) is 2.82. The quantitative estimate of drug-likeness (QED) is 0.702. The fourth-order valence-electron chi connectivity index (χ4n) is 3.07. The maximum atomic E-state index is 6.09. The van der Waals surface area contributed by atoms with Crippen molar-refractivity contribution in [2.45, 2.75) is 26.2 Å². The summed E-state index contributed by atoms with van der Waals surface area (Å²) in [6, 6.07) is 8.23. The maximum absolute atomic E-state index is 6.09. The summed E-state index contributed by atoms with van der Waals surface area (Å²) in [7, 11) is 0. The van der Waals surface area contributed by atoms with Gasteiger partial charge < -0.3 is 0 Å². The molecule has 1 aliphatic heterocycles. The van der Waals surface area contributed by atoms with E-state index in [4.69, 9.17) is 11.6 Å². The van der Waals surface area contributed by atoms with Gasteiger partial charge in [0.05, 0.1) is 6.54 Å². The number of allylic oxidation sites excluding steroid dienone is 1. The minimum Gasteiger partial charge on any atom is -0.288 e. The lowest BCUT2D eigenvalue weighted by atomic mass is 9.83. The third-order valence-corrected chi connectivity index (χ3v) is 4.22. The first kappa shape index (κ1) is 11.0. The first-order valence-corrected chi connectivity index (χ1v) is 6.44. The van der Waals surface area contributed by atoms with Gasteiger partial charge in [0.25, 0.3) is 0 Å². The van der Waals surface area contributed by atoms with E-state index in [1.807, 2.05) is 12.1 Å². The van der Waals surface area contributed by atoms with E-state index in [1.54, 1.807) is 0 Å². The Labute approximate surface area is 107 Å². The van der Waals surface area contributed by atoms with Gasteiger partial charge in [0, 0.05) is 17.2 Å². The summed E-state index contributed by atoms with van der Waals surface area (Å²) in [5, 5.41) is 0.823. The molecule has 1 nitrogen and oxygen atoms in total. The third kappa shape index (κ3) is 1.73. The van der Waals surface area contributed by atoms with Crippen LogP contribution in [0.15, 0.2) is 40.4 Å². The molecule has 88 valence electrons. The highest BCUT2D eigenvalue weighted by molar-refractivity contribution is 6.30. The third-order valence-electron chi connectivity index (χ3n) is 3.99. The first-order chi connectivity index (χ1) is 8.08. The fraction of sp³-hybridized carbons (Fsp3) is 0.400. The Hall–Kier alpha value is -1.08. The van der Waals surface area contributed by atoms with Crippen molar-refractivity contribution in [1.82, 2.24) is 0 Å². The first-order valence-electron chi connectivity index (χ1n) is 6.07. The van der Waals surface area contributed by atoms with Gasteiger partial charge in [-0.25, -0.2) is 0 Å². The number of rotatable bonds is 1. The van der Waals surface area contributed by atoms with Gasteiger partial charge in [-0.15, -0.1) is 0 Å². The lowest BCUT2D eigenvalue weighted by Crippen LogP contribution is -2.12. The Morgan fingerprint density at radius 2 is 2.18 bits per heavy atom. The predicted molar refractivity (Wildman–Crippen MR) is 73.0 cm³/mol. The molecule has 0 radical (unpaired) electrons. The molecule has 0 saturated heterocycles. The molecule has 1 atom stereocenters. The fourth-order valence-corrected chi connectivity index (χ4v) is 3.27. The van der Waals surface area contributed by atoms with Crippen molar-refractivity contribution in [1.29, 1.82) is 0 Å². The molecule has 1 aromatic rings. The Bertz CT molecular complexity index is 525. The molecule has 0 bridgehead atoms. The summed E-state index contributed by atoms with van der Waals surface area (Å²) in [4.78, 5) is 4.43. The summed E-state index contributed by atoms with van der Waals surface area (Å²) in [6.07, 6.45) is 3.24. The van der Waals surface area contributed by atoms with E-state index in [1.165, 1.54) is 23.1 Å². The van der Waals surface area contributed by atoms with Crippen molar-refractivity contribution >= 4 is 17.8 Å². The smallest absolute Gasteiger partial charge is 0.0611 e. The molecule has 1 heterocycles. The molecule has 1 aliphatic carbocycles. The Morgan fingerprint density at radius 1 is 1.35 bits per heavy atom. The Morgan fingerprint density at radius 3 is 2.94 bits per heavy atom. The largest absolute Gasteiger partial charge is 0.288 e. The highest BCUT2D eigenvalue weighted by atomic mass is 35.5. The SMILES string of the molecule is CC1(C)CC(c2cccc(Cl)c2)C2=C1CN=C2. The maximum Gasteiger partial charge on any atom is 0.0611 e. The summed E-state index contributed by atoms with van der Waals surface area (Å²) in [6.45, 7) is 5.53. The molecular weight excluding hydrogens is 230 g/mol. The van der Waals surface area contributed by atoms with E-state index in [0.29, 0.717) is 5.92 Å². The lowest BCUT2D eigenvalue weighted by molar-refractivity contribution is 0.419. The number of halogens is 1. The van der Waals surface area contributed by atoms with E-state index in [0.717, 1.165) is 11.6 Å². The Kier molecular flexibility index (Phi) is 2.41. The van der Waals surface area contributed by atoms with Crippen molar-refractivity contribution < 1.29 is 0 Å². The normalized spacial score (nSPS) is 25.5. The van der Waals surface area contributed by atoms with Crippen molar-refractivity contribution in [3.05, 3.63) is 46.0 Å². The van der Waals surface area contributed by atoms with Crippen LogP contribution in [0.2, 0.25) is 5.02 Å². The zero-order valence-electron chi connectivity index (χ0n) is 10.2. The van der Waals surface area contributed by atoms with Gasteiger partial charge >= 0.3 is 0 Å². The van der Waals surface area contributed by atoms with E-state index in [-0.39, 0.29) is 5.41 Å². The van der Waals surface area contributed by atoms with Gasteiger partial charge in [-0.05, 0) is 40.7 Å². The van der Waals surface area contributed by atoms with Crippen molar-refractivity contribution in [2.75, 3.05) is 6.54 Å². The van der Waals surface area contributed by atoms with Gasteiger partial charge in [0.2, 0.25) is 0 Å². The Balaban J connectivity index is 2.04. The van der Waals surface area contributed by atoms with Crippen LogP contribution in [-0.4, -0.2) is 12.8 Å². The summed E-state index contributed by atoms with van der Waals surface area (Å²) in [5.74, 6) is 0.477. The highest BCUT2D eigenvalue weighted by Crippen LogP contribution is 2.51. The van der Waals surface area contributed by atoms with E-state index >= 15 is 0 Å². The molecule has 0 N–H and O–H groups in total. The zero-order valence-corrected chi connectivity index (χ0v) is 11.0. The summed E-state index contributed by atoms with van der Waals surface area (Å²) < 4.78 is 0. The molecular formula is C15H16ClN. The summed E-state index contributed by atoms with van der Waals surface area (Å²) in [5.41, 5.74) is 4.54. The molecule has 1 aromatic carbocycles. The number of nitrogens with zero attached hydrogens (tertiary/aromatic N) is 1. The number of hydrogen-bond donors (Lipinski definition) is 0. The predicted octanol–water partition coefficient (Wildman–Crippen LogP) is 4.23. The van der Waals surface area contributed by atoms with Crippen LogP contribution in [-0.2, 0) is 0 Å². The minimum atomic E-state index is 0.277. The zero-order chi connectivity index (χ0) is 12.0. The average molecular weight is 246 g/mol. The second-order valence-electron chi connectivity index (χ2n) is 5.60. The van der Waals surface area contributed by atoms with Crippen molar-refractivity contribution in [3.8, 4) is 0 Å². The molecule has 0 saturated carbocycles. The van der Waals surface area contributed by atoms with Gasteiger partial charge in [0.15, 0.2) is 0 Å². The van der Waals surface area contributed by atoms with Gasteiger partial charge in [-0.2, -0.15) is 0 Å². The molecule has 0 aromatic heterocycles. The molecule has 0 fully saturated rings. The number of aliphatic imine (C=N–C) groups is 1. The molecule has 0 amide bonds. The highest BCUT2D eigenvalue weighted by Gasteiger charge is 2.40. The van der Waals surface area contributed by atoms with Crippen LogP contribution in [0.4, 0.5) is 0 Å². The minimum absolute atomic E-state index is 0.277. The van der Waals surface area contributed by atoms with Crippen LogP contribution in [0.3, 0.4) is 0 Å². The monoisotopic (exact) mass is 245 g/mol. The van der Waals surface area contributed by atoms with Crippen molar-refractivity contribution in [2.24, 2.45) is 10.4 Å². The van der Waals surface area contributed by atoms with E-state index in [2.05, 4.69) is 37.2 Å². The van der Waals surface area contributed by atoms with Gasteiger partial charge in [0.1, 0.15) is 0 Å². The molecule has 2 aliphatic rings. The van der Waals surface area contributed by atoms with Crippen LogP contribution >= 0.6 is 11.6 Å².